The molecule has 0 saturated carbocycles. The number of benzene rings is 1. The van der Waals surface area contributed by atoms with Crippen LogP contribution in [-0.4, -0.2) is 7.11 Å². The van der Waals surface area contributed by atoms with E-state index in [1.54, 1.807) is 19.4 Å². The van der Waals surface area contributed by atoms with E-state index in [1.165, 1.54) is 17.7 Å². The van der Waals surface area contributed by atoms with Crippen molar-refractivity contribution >= 4 is 0 Å². The van der Waals surface area contributed by atoms with Gasteiger partial charge in [-0.1, -0.05) is 0 Å². The average molecular weight is 289 g/mol. The summed E-state index contributed by atoms with van der Waals surface area (Å²) in [6.45, 7) is 2.03. The van der Waals surface area contributed by atoms with Crippen molar-refractivity contribution in [3.63, 3.8) is 0 Å². The maximum absolute atomic E-state index is 13.5. The van der Waals surface area contributed by atoms with Crippen LogP contribution in [0, 0.1) is 5.82 Å². The third-order valence-electron chi connectivity index (χ3n) is 4.16. The van der Waals surface area contributed by atoms with Gasteiger partial charge in [-0.25, -0.2) is 4.39 Å². The molecule has 1 aliphatic rings. The molecule has 112 valence electrons. The van der Waals surface area contributed by atoms with Crippen molar-refractivity contribution in [1.29, 1.82) is 0 Å². The Kier molecular flexibility index (Phi) is 3.97. The number of ether oxygens (including phenoxy) is 1. The summed E-state index contributed by atoms with van der Waals surface area (Å²) in [6, 6.07) is 6.91. The highest BCUT2D eigenvalue weighted by Crippen LogP contribution is 2.34. The summed E-state index contributed by atoms with van der Waals surface area (Å²) in [5.74, 6) is 1.53. The number of fused-ring (bicyclic) bond motifs is 1. The molecule has 0 saturated heterocycles. The molecule has 0 radical (unpaired) electrons. The fourth-order valence-electron chi connectivity index (χ4n) is 3.09. The Balaban J connectivity index is 1.82. The summed E-state index contributed by atoms with van der Waals surface area (Å²) in [5.41, 5.74) is 2.07. The lowest BCUT2D eigenvalue weighted by Gasteiger charge is -2.27. The summed E-state index contributed by atoms with van der Waals surface area (Å²) >= 11 is 0. The summed E-state index contributed by atoms with van der Waals surface area (Å²) in [4.78, 5) is 0. The zero-order valence-corrected chi connectivity index (χ0v) is 12.4. The quantitative estimate of drug-likeness (QED) is 0.918. The van der Waals surface area contributed by atoms with Gasteiger partial charge in [0.2, 0.25) is 0 Å². The van der Waals surface area contributed by atoms with Gasteiger partial charge in [-0.15, -0.1) is 0 Å². The van der Waals surface area contributed by atoms with Crippen LogP contribution in [0.4, 0.5) is 4.39 Å². The first-order valence-electron chi connectivity index (χ1n) is 7.35. The summed E-state index contributed by atoms with van der Waals surface area (Å²) in [6.07, 6.45) is 4.91. The van der Waals surface area contributed by atoms with E-state index in [2.05, 4.69) is 5.32 Å². The molecule has 2 aromatic rings. The van der Waals surface area contributed by atoms with Gasteiger partial charge >= 0.3 is 0 Å². The molecule has 0 fully saturated rings. The van der Waals surface area contributed by atoms with Gasteiger partial charge in [0.15, 0.2) is 0 Å². The Morgan fingerprint density at radius 1 is 1.38 bits per heavy atom. The number of halogens is 1. The van der Waals surface area contributed by atoms with E-state index in [9.17, 15) is 4.39 Å². The molecule has 0 bridgehead atoms. The fourth-order valence-corrected chi connectivity index (χ4v) is 3.09. The van der Waals surface area contributed by atoms with Crippen molar-refractivity contribution in [3.05, 3.63) is 53.2 Å². The topological polar surface area (TPSA) is 34.4 Å². The van der Waals surface area contributed by atoms with Crippen molar-refractivity contribution in [1.82, 2.24) is 5.32 Å². The zero-order valence-electron chi connectivity index (χ0n) is 12.4. The third-order valence-corrected chi connectivity index (χ3v) is 4.16. The first-order chi connectivity index (χ1) is 10.2. The van der Waals surface area contributed by atoms with Gasteiger partial charge in [0, 0.05) is 29.6 Å². The predicted molar refractivity (Wildman–Crippen MR) is 78.9 cm³/mol. The molecule has 0 spiro atoms. The van der Waals surface area contributed by atoms with Crippen LogP contribution in [0.15, 0.2) is 34.9 Å². The first kappa shape index (κ1) is 14.1. The maximum atomic E-state index is 13.5. The van der Waals surface area contributed by atoms with E-state index in [0.29, 0.717) is 5.75 Å². The molecule has 3 nitrogen and oxygen atoms in total. The number of hydrogen-bond donors (Lipinski definition) is 1. The number of aryl methyl sites for hydroxylation is 1. The van der Waals surface area contributed by atoms with Gasteiger partial charge < -0.3 is 14.5 Å². The highest BCUT2D eigenvalue weighted by molar-refractivity contribution is 5.36. The lowest BCUT2D eigenvalue weighted by atomic mass is 9.92. The Morgan fingerprint density at radius 2 is 2.24 bits per heavy atom. The van der Waals surface area contributed by atoms with E-state index < -0.39 is 0 Å². The average Bonchev–Trinajstić information content (AvgIpc) is 2.96. The number of nitrogens with one attached hydrogen (secondary N) is 1. The standard InChI is InChI=1S/C17H20FNO2/c1-11(14-10-12(18)6-7-16(14)20-2)19-15-4-3-5-17-13(15)8-9-21-17/h6-11,15,19H,3-5H2,1-2H3. The smallest absolute Gasteiger partial charge is 0.123 e. The SMILES string of the molecule is COc1ccc(F)cc1C(C)NC1CCCc2occc21. The van der Waals surface area contributed by atoms with Crippen molar-refractivity contribution in [3.8, 4) is 5.75 Å². The van der Waals surface area contributed by atoms with E-state index >= 15 is 0 Å². The lowest BCUT2D eigenvalue weighted by molar-refractivity contribution is 0.368. The van der Waals surface area contributed by atoms with Crippen LogP contribution in [0.5, 0.6) is 5.75 Å². The number of rotatable bonds is 4. The molecular weight excluding hydrogens is 269 g/mol. The number of methoxy groups -OCH3 is 1. The first-order valence-corrected chi connectivity index (χ1v) is 7.35. The molecule has 21 heavy (non-hydrogen) atoms. The van der Waals surface area contributed by atoms with Gasteiger partial charge in [0.25, 0.3) is 0 Å². The third kappa shape index (κ3) is 2.81. The minimum atomic E-state index is -0.243. The molecule has 1 heterocycles. The molecule has 1 aromatic carbocycles. The van der Waals surface area contributed by atoms with Gasteiger partial charge in [0.1, 0.15) is 17.3 Å². The van der Waals surface area contributed by atoms with Crippen LogP contribution in [0.1, 0.15) is 48.7 Å². The lowest BCUT2D eigenvalue weighted by Crippen LogP contribution is -2.27. The van der Waals surface area contributed by atoms with Crippen LogP contribution in [-0.2, 0) is 6.42 Å². The second-order valence-electron chi connectivity index (χ2n) is 5.52. The van der Waals surface area contributed by atoms with Crippen molar-refractivity contribution < 1.29 is 13.5 Å². The van der Waals surface area contributed by atoms with E-state index in [0.717, 1.165) is 30.6 Å². The van der Waals surface area contributed by atoms with Crippen molar-refractivity contribution in [2.45, 2.75) is 38.3 Å². The minimum Gasteiger partial charge on any atom is -0.496 e. The summed E-state index contributed by atoms with van der Waals surface area (Å²) < 4.78 is 24.4. The van der Waals surface area contributed by atoms with E-state index in [1.807, 2.05) is 13.0 Å². The van der Waals surface area contributed by atoms with E-state index in [4.69, 9.17) is 9.15 Å². The number of furan rings is 1. The monoisotopic (exact) mass is 289 g/mol. The highest BCUT2D eigenvalue weighted by Gasteiger charge is 2.25. The Bertz CT molecular complexity index is 623. The summed E-state index contributed by atoms with van der Waals surface area (Å²) in [7, 11) is 1.61. The van der Waals surface area contributed by atoms with Crippen LogP contribution in [0.3, 0.4) is 0 Å². The van der Waals surface area contributed by atoms with Crippen LogP contribution in [0.2, 0.25) is 0 Å². The molecule has 2 atom stereocenters. The molecule has 1 N–H and O–H groups in total. The number of hydrogen-bond acceptors (Lipinski definition) is 3. The minimum absolute atomic E-state index is 0.00139. The highest BCUT2D eigenvalue weighted by atomic mass is 19.1. The Morgan fingerprint density at radius 3 is 3.05 bits per heavy atom. The normalized spacial score (nSPS) is 19.1. The van der Waals surface area contributed by atoms with Gasteiger partial charge in [-0.05, 0) is 44.0 Å². The van der Waals surface area contributed by atoms with Crippen molar-refractivity contribution in [2.75, 3.05) is 7.11 Å². The Labute approximate surface area is 124 Å². The molecule has 1 aromatic heterocycles. The maximum Gasteiger partial charge on any atom is 0.123 e. The predicted octanol–water partition coefficient (Wildman–Crippen LogP) is 4.16. The summed E-state index contributed by atoms with van der Waals surface area (Å²) in [5, 5.41) is 3.57. The second kappa shape index (κ2) is 5.90. The Hall–Kier alpha value is -1.81. The largest absolute Gasteiger partial charge is 0.496 e. The van der Waals surface area contributed by atoms with E-state index in [-0.39, 0.29) is 17.9 Å². The molecule has 3 rings (SSSR count). The van der Waals surface area contributed by atoms with Gasteiger partial charge in [-0.2, -0.15) is 0 Å². The van der Waals surface area contributed by atoms with Crippen LogP contribution < -0.4 is 10.1 Å². The molecule has 0 amide bonds. The molecular formula is C17H20FNO2. The molecule has 0 aliphatic heterocycles. The molecule has 2 unspecified atom stereocenters. The van der Waals surface area contributed by atoms with Crippen LogP contribution >= 0.6 is 0 Å². The van der Waals surface area contributed by atoms with Gasteiger partial charge in [0.05, 0.1) is 13.4 Å². The van der Waals surface area contributed by atoms with Crippen LogP contribution in [0.25, 0.3) is 0 Å². The molecule has 1 aliphatic carbocycles. The second-order valence-corrected chi connectivity index (χ2v) is 5.52. The zero-order chi connectivity index (χ0) is 14.8. The fraction of sp³-hybridized carbons (Fsp3) is 0.412. The van der Waals surface area contributed by atoms with Crippen molar-refractivity contribution in [2.24, 2.45) is 0 Å². The van der Waals surface area contributed by atoms with Gasteiger partial charge in [-0.3, -0.25) is 0 Å². The molecule has 4 heteroatoms.